The highest BCUT2D eigenvalue weighted by atomic mass is 16.5. The lowest BCUT2D eigenvalue weighted by atomic mass is 9.75. The molecule has 6 nitrogen and oxygen atoms in total. The van der Waals surface area contributed by atoms with Crippen LogP contribution in [0.2, 0.25) is 0 Å². The van der Waals surface area contributed by atoms with Crippen molar-refractivity contribution in [2.24, 2.45) is 22.7 Å². The highest BCUT2D eigenvalue weighted by molar-refractivity contribution is 6.01. The number of amidine groups is 1. The Balaban J connectivity index is 2.17. The number of aryl methyl sites for hydroxylation is 1. The Hall–Kier alpha value is -1.98. The first-order chi connectivity index (χ1) is 12.9. The Bertz CT molecular complexity index is 659. The molecule has 0 bridgehead atoms. The lowest BCUT2D eigenvalue weighted by Crippen LogP contribution is -2.41. The van der Waals surface area contributed by atoms with Gasteiger partial charge in [0.05, 0.1) is 17.6 Å². The van der Waals surface area contributed by atoms with Crippen LogP contribution in [0.15, 0.2) is 17.5 Å². The number of nitrogens with zero attached hydrogens (tertiary/aromatic N) is 4. The number of rotatable bonds is 6. The molecule has 1 heterocycles. The molecule has 150 valence electrons. The van der Waals surface area contributed by atoms with Crippen LogP contribution in [0, 0.1) is 24.7 Å². The average Bonchev–Trinajstić information content (AvgIpc) is 2.62. The van der Waals surface area contributed by atoms with E-state index in [1.165, 1.54) is 12.7 Å². The molecule has 0 spiro atoms. The van der Waals surface area contributed by atoms with E-state index in [4.69, 9.17) is 4.74 Å². The van der Waals surface area contributed by atoms with Crippen LogP contribution in [0.5, 0.6) is 0 Å². The molecule has 2 rings (SSSR count). The van der Waals surface area contributed by atoms with Gasteiger partial charge in [-0.2, -0.15) is 0 Å². The van der Waals surface area contributed by atoms with E-state index < -0.39 is 0 Å². The molecule has 1 fully saturated rings. The number of esters is 1. The SMILES string of the molecule is CCC(=NC)N(CC(=O)O[C@@H]1C[C@H](C)CC[C@H]1C(C)C)c1cncnc1C. The van der Waals surface area contributed by atoms with E-state index in [0.29, 0.717) is 24.2 Å². The first kappa shape index (κ1) is 21.3. The normalized spacial score (nSPS) is 23.4. The number of aromatic nitrogens is 2. The van der Waals surface area contributed by atoms with Gasteiger partial charge in [-0.25, -0.2) is 9.97 Å². The molecule has 0 aromatic carbocycles. The van der Waals surface area contributed by atoms with Gasteiger partial charge in [0.15, 0.2) is 0 Å². The van der Waals surface area contributed by atoms with Crippen molar-refractivity contribution in [3.05, 3.63) is 18.2 Å². The molecule has 0 radical (unpaired) electrons. The maximum Gasteiger partial charge on any atom is 0.326 e. The van der Waals surface area contributed by atoms with Crippen LogP contribution < -0.4 is 4.90 Å². The summed E-state index contributed by atoms with van der Waals surface area (Å²) in [4.78, 5) is 27.5. The maximum atomic E-state index is 12.9. The van der Waals surface area contributed by atoms with E-state index >= 15 is 0 Å². The monoisotopic (exact) mass is 374 g/mol. The highest BCUT2D eigenvalue weighted by Crippen LogP contribution is 2.35. The Labute approximate surface area is 163 Å². The fourth-order valence-electron chi connectivity index (χ4n) is 4.02. The molecule has 3 atom stereocenters. The van der Waals surface area contributed by atoms with E-state index in [-0.39, 0.29) is 18.6 Å². The molecule has 0 amide bonds. The van der Waals surface area contributed by atoms with E-state index in [1.807, 2.05) is 18.7 Å². The van der Waals surface area contributed by atoms with Crippen molar-refractivity contribution in [3.8, 4) is 0 Å². The van der Waals surface area contributed by atoms with Crippen LogP contribution in [-0.4, -0.2) is 41.5 Å². The minimum absolute atomic E-state index is 0.000128. The summed E-state index contributed by atoms with van der Waals surface area (Å²) in [7, 11) is 1.74. The van der Waals surface area contributed by atoms with Gasteiger partial charge in [-0.15, -0.1) is 0 Å². The number of anilines is 1. The van der Waals surface area contributed by atoms with Crippen molar-refractivity contribution in [2.75, 3.05) is 18.5 Å². The number of ether oxygens (including phenoxy) is 1. The summed E-state index contributed by atoms with van der Waals surface area (Å²) in [6, 6.07) is 0. The molecule has 0 unspecified atom stereocenters. The van der Waals surface area contributed by atoms with Crippen LogP contribution >= 0.6 is 0 Å². The standard InChI is InChI=1S/C21H34N4O2/c1-7-20(22-6)25(18-11-23-13-24-16(18)5)12-21(26)27-19-10-15(4)8-9-17(19)14(2)3/h11,13-15,17,19H,7-10,12H2,1-6H3/t15-,17+,19-/m1/s1. The third-order valence-electron chi connectivity index (χ3n) is 5.59. The summed E-state index contributed by atoms with van der Waals surface area (Å²) in [5.74, 6) is 2.16. The van der Waals surface area contributed by atoms with Crippen LogP contribution in [0.3, 0.4) is 0 Å². The number of aliphatic imine (C=N–C) groups is 1. The first-order valence-corrected chi connectivity index (χ1v) is 10.1. The molecular weight excluding hydrogens is 340 g/mol. The van der Waals surface area contributed by atoms with Gasteiger partial charge in [-0.1, -0.05) is 34.1 Å². The minimum Gasteiger partial charge on any atom is -0.461 e. The second-order valence-corrected chi connectivity index (χ2v) is 7.93. The summed E-state index contributed by atoms with van der Waals surface area (Å²) in [5.41, 5.74) is 1.62. The maximum absolute atomic E-state index is 12.9. The molecule has 1 aliphatic rings. The zero-order chi connectivity index (χ0) is 20.0. The van der Waals surface area contributed by atoms with Gasteiger partial charge in [0.1, 0.15) is 24.8 Å². The van der Waals surface area contributed by atoms with Gasteiger partial charge < -0.3 is 9.64 Å². The summed E-state index contributed by atoms with van der Waals surface area (Å²) in [6.07, 6.45) is 7.25. The summed E-state index contributed by atoms with van der Waals surface area (Å²) < 4.78 is 5.99. The zero-order valence-electron chi connectivity index (χ0n) is 17.6. The number of carbonyl (C=O) groups excluding carboxylic acids is 1. The van der Waals surface area contributed by atoms with Crippen LogP contribution in [-0.2, 0) is 9.53 Å². The van der Waals surface area contributed by atoms with Gasteiger partial charge in [-0.05, 0) is 37.5 Å². The smallest absolute Gasteiger partial charge is 0.326 e. The van der Waals surface area contributed by atoms with Crippen LogP contribution in [0.25, 0.3) is 0 Å². The van der Waals surface area contributed by atoms with E-state index in [1.54, 1.807) is 13.2 Å². The third kappa shape index (κ3) is 5.50. The van der Waals surface area contributed by atoms with Crippen LogP contribution in [0.4, 0.5) is 5.69 Å². The Morgan fingerprint density at radius 1 is 1.41 bits per heavy atom. The lowest BCUT2D eigenvalue weighted by Gasteiger charge is -2.37. The molecule has 0 N–H and O–H groups in total. The number of hydrogen-bond donors (Lipinski definition) is 0. The number of hydrogen-bond acceptors (Lipinski definition) is 5. The summed E-state index contributed by atoms with van der Waals surface area (Å²) in [6.45, 7) is 10.7. The molecule has 1 saturated carbocycles. The molecular formula is C21H34N4O2. The van der Waals surface area contributed by atoms with Gasteiger partial charge in [0.2, 0.25) is 0 Å². The van der Waals surface area contributed by atoms with Gasteiger partial charge in [-0.3, -0.25) is 9.79 Å². The van der Waals surface area contributed by atoms with Crippen molar-refractivity contribution < 1.29 is 9.53 Å². The van der Waals surface area contributed by atoms with Crippen molar-refractivity contribution in [1.29, 1.82) is 0 Å². The average molecular weight is 375 g/mol. The topological polar surface area (TPSA) is 67.7 Å². The molecule has 1 aromatic heterocycles. The molecule has 0 saturated heterocycles. The van der Waals surface area contributed by atoms with Gasteiger partial charge in [0, 0.05) is 13.5 Å². The Morgan fingerprint density at radius 3 is 2.74 bits per heavy atom. The summed E-state index contributed by atoms with van der Waals surface area (Å²) >= 11 is 0. The largest absolute Gasteiger partial charge is 0.461 e. The van der Waals surface area contributed by atoms with Crippen LogP contribution in [0.1, 0.15) is 59.1 Å². The Kier molecular flexibility index (Phi) is 7.75. The quantitative estimate of drug-likeness (QED) is 0.427. The van der Waals surface area contributed by atoms with Crippen molar-refractivity contribution in [2.45, 2.75) is 66.4 Å². The Morgan fingerprint density at radius 2 is 2.15 bits per heavy atom. The van der Waals surface area contributed by atoms with Gasteiger partial charge >= 0.3 is 5.97 Å². The van der Waals surface area contributed by atoms with E-state index in [0.717, 1.165) is 30.1 Å². The highest BCUT2D eigenvalue weighted by Gasteiger charge is 2.34. The number of carbonyl (C=O) groups is 1. The van der Waals surface area contributed by atoms with E-state index in [9.17, 15) is 4.79 Å². The summed E-state index contributed by atoms with van der Waals surface area (Å²) in [5, 5.41) is 0. The molecule has 1 aliphatic carbocycles. The third-order valence-corrected chi connectivity index (χ3v) is 5.59. The van der Waals surface area contributed by atoms with Crippen molar-refractivity contribution in [1.82, 2.24) is 9.97 Å². The predicted molar refractivity (Wildman–Crippen MR) is 109 cm³/mol. The molecule has 0 aliphatic heterocycles. The van der Waals surface area contributed by atoms with Crippen molar-refractivity contribution >= 4 is 17.5 Å². The second-order valence-electron chi connectivity index (χ2n) is 7.93. The lowest BCUT2D eigenvalue weighted by molar-refractivity contribution is -0.154. The molecule has 6 heteroatoms. The minimum atomic E-state index is -0.211. The second kappa shape index (κ2) is 9.81. The molecule has 1 aromatic rings. The van der Waals surface area contributed by atoms with Crippen molar-refractivity contribution in [3.63, 3.8) is 0 Å². The molecule has 27 heavy (non-hydrogen) atoms. The fourth-order valence-corrected chi connectivity index (χ4v) is 4.02. The van der Waals surface area contributed by atoms with Gasteiger partial charge in [0.25, 0.3) is 0 Å². The predicted octanol–water partition coefficient (Wildman–Crippen LogP) is 4.03. The zero-order valence-corrected chi connectivity index (χ0v) is 17.6. The fraction of sp³-hybridized carbons (Fsp3) is 0.714. The van der Waals surface area contributed by atoms with E-state index in [2.05, 4.69) is 35.7 Å². The first-order valence-electron chi connectivity index (χ1n) is 10.1.